The molecule has 9 heteroatoms. The molecule has 2 aromatic carbocycles. The fourth-order valence-corrected chi connectivity index (χ4v) is 3.57. The molecule has 0 aliphatic carbocycles. The maximum atomic E-state index is 13.8. The van der Waals surface area contributed by atoms with Gasteiger partial charge in [0.05, 0.1) is 13.2 Å². The molecule has 1 aliphatic heterocycles. The SMILES string of the molecule is COc1ccc([C@H]2C[C@H](C(F)(F)F)n3nc(C(=O)Nc4ccc(C)cc4)cc3N2)cc1. The van der Waals surface area contributed by atoms with Crippen LogP contribution in [-0.4, -0.2) is 29.0 Å². The number of hydrogen-bond donors (Lipinski definition) is 2. The number of methoxy groups -OCH3 is 1. The molecule has 3 aromatic rings. The van der Waals surface area contributed by atoms with Crippen molar-refractivity contribution in [2.45, 2.75) is 31.6 Å². The number of anilines is 2. The average molecular weight is 430 g/mol. The van der Waals surface area contributed by atoms with Crippen molar-refractivity contribution in [3.05, 3.63) is 71.4 Å². The van der Waals surface area contributed by atoms with Gasteiger partial charge in [0.15, 0.2) is 11.7 Å². The Morgan fingerprint density at radius 1 is 1.16 bits per heavy atom. The Kier molecular flexibility index (Phi) is 5.34. The molecule has 1 aliphatic rings. The highest BCUT2D eigenvalue weighted by molar-refractivity contribution is 6.03. The van der Waals surface area contributed by atoms with Gasteiger partial charge in [-0.15, -0.1) is 0 Å². The zero-order chi connectivity index (χ0) is 22.2. The van der Waals surface area contributed by atoms with E-state index < -0.39 is 24.2 Å². The van der Waals surface area contributed by atoms with E-state index in [0.29, 0.717) is 17.0 Å². The summed E-state index contributed by atoms with van der Waals surface area (Å²) in [6.07, 6.45) is -4.76. The van der Waals surface area contributed by atoms with E-state index in [-0.39, 0.29) is 17.9 Å². The predicted molar refractivity (Wildman–Crippen MR) is 110 cm³/mol. The number of carbonyl (C=O) groups is 1. The molecule has 0 fully saturated rings. The van der Waals surface area contributed by atoms with Gasteiger partial charge in [-0.25, -0.2) is 4.68 Å². The van der Waals surface area contributed by atoms with Gasteiger partial charge < -0.3 is 15.4 Å². The molecule has 31 heavy (non-hydrogen) atoms. The lowest BCUT2D eigenvalue weighted by Gasteiger charge is -2.33. The lowest BCUT2D eigenvalue weighted by Crippen LogP contribution is -2.35. The third-order valence-electron chi connectivity index (χ3n) is 5.25. The number of benzene rings is 2. The molecule has 0 saturated heterocycles. The summed E-state index contributed by atoms with van der Waals surface area (Å²) >= 11 is 0. The third kappa shape index (κ3) is 4.35. The van der Waals surface area contributed by atoms with Crippen LogP contribution in [0.1, 0.15) is 40.1 Å². The second-order valence-electron chi connectivity index (χ2n) is 7.44. The van der Waals surface area contributed by atoms with Crippen LogP contribution in [0.3, 0.4) is 0 Å². The summed E-state index contributed by atoms with van der Waals surface area (Å²) in [6.45, 7) is 1.91. The Bertz CT molecular complexity index is 1080. The Labute approximate surface area is 177 Å². The van der Waals surface area contributed by atoms with Crippen LogP contribution < -0.4 is 15.4 Å². The first kappa shape index (κ1) is 20.8. The normalized spacial score (nSPS) is 18.1. The second kappa shape index (κ2) is 7.98. The number of halogens is 3. The number of ether oxygens (including phenoxy) is 1. The fourth-order valence-electron chi connectivity index (χ4n) is 3.57. The molecule has 0 radical (unpaired) electrons. The smallest absolute Gasteiger partial charge is 0.410 e. The van der Waals surface area contributed by atoms with Gasteiger partial charge in [0.1, 0.15) is 11.6 Å². The molecule has 0 spiro atoms. The number of fused-ring (bicyclic) bond motifs is 1. The van der Waals surface area contributed by atoms with Gasteiger partial charge >= 0.3 is 6.18 Å². The van der Waals surface area contributed by atoms with Crippen LogP contribution in [0.15, 0.2) is 54.6 Å². The highest BCUT2D eigenvalue weighted by Gasteiger charge is 2.46. The molecule has 6 nitrogen and oxygen atoms in total. The van der Waals surface area contributed by atoms with Crippen LogP contribution in [0.5, 0.6) is 5.75 Å². The number of rotatable bonds is 4. The number of aromatic nitrogens is 2. The number of alkyl halides is 3. The van der Waals surface area contributed by atoms with E-state index in [1.165, 1.54) is 13.2 Å². The van der Waals surface area contributed by atoms with Crippen molar-refractivity contribution in [3.63, 3.8) is 0 Å². The van der Waals surface area contributed by atoms with Gasteiger partial charge in [-0.05, 0) is 36.8 Å². The van der Waals surface area contributed by atoms with Gasteiger partial charge in [0.25, 0.3) is 5.91 Å². The standard InChI is InChI=1S/C22H21F3N4O2/c1-13-3-7-15(8-4-13)26-21(30)18-12-20-27-17(14-5-9-16(31-2)10-6-14)11-19(22(23,24)25)29(20)28-18/h3-10,12,17,19,27H,11H2,1-2H3,(H,26,30)/t17-,19-/m1/s1. The maximum absolute atomic E-state index is 13.8. The van der Waals surface area contributed by atoms with Crippen LogP contribution in [0.4, 0.5) is 24.7 Å². The zero-order valence-electron chi connectivity index (χ0n) is 16.9. The topological polar surface area (TPSA) is 68.2 Å². The van der Waals surface area contributed by atoms with Crippen LogP contribution in [0.25, 0.3) is 0 Å². The summed E-state index contributed by atoms with van der Waals surface area (Å²) in [7, 11) is 1.52. The highest BCUT2D eigenvalue weighted by atomic mass is 19.4. The fraction of sp³-hybridized carbons (Fsp3) is 0.273. The van der Waals surface area contributed by atoms with E-state index in [0.717, 1.165) is 10.2 Å². The molecule has 2 heterocycles. The van der Waals surface area contributed by atoms with Crippen molar-refractivity contribution < 1.29 is 22.7 Å². The van der Waals surface area contributed by atoms with Crippen LogP contribution in [0.2, 0.25) is 0 Å². The minimum absolute atomic E-state index is 0.0901. The highest BCUT2D eigenvalue weighted by Crippen LogP contribution is 2.43. The first-order chi connectivity index (χ1) is 14.7. The number of nitrogens with zero attached hydrogens (tertiary/aromatic N) is 2. The van der Waals surface area contributed by atoms with Gasteiger partial charge in [-0.1, -0.05) is 29.8 Å². The van der Waals surface area contributed by atoms with Crippen molar-refractivity contribution in [3.8, 4) is 5.75 Å². The van der Waals surface area contributed by atoms with E-state index in [4.69, 9.17) is 4.74 Å². The summed E-state index contributed by atoms with van der Waals surface area (Å²) in [5.41, 5.74) is 2.16. The minimum Gasteiger partial charge on any atom is -0.497 e. The summed E-state index contributed by atoms with van der Waals surface area (Å²) < 4.78 is 47.4. The average Bonchev–Trinajstić information content (AvgIpc) is 3.18. The summed E-state index contributed by atoms with van der Waals surface area (Å²) in [4.78, 5) is 12.6. The van der Waals surface area contributed by atoms with Crippen molar-refractivity contribution in [2.75, 3.05) is 17.7 Å². The van der Waals surface area contributed by atoms with Crippen molar-refractivity contribution in [1.82, 2.24) is 9.78 Å². The van der Waals surface area contributed by atoms with Gasteiger partial charge in [0.2, 0.25) is 0 Å². The van der Waals surface area contributed by atoms with E-state index in [9.17, 15) is 18.0 Å². The summed E-state index contributed by atoms with van der Waals surface area (Å²) in [5.74, 6) is 0.185. The number of carbonyl (C=O) groups excluding carboxylic acids is 1. The van der Waals surface area contributed by atoms with Gasteiger partial charge in [0, 0.05) is 18.2 Å². The van der Waals surface area contributed by atoms with E-state index in [1.807, 2.05) is 19.1 Å². The number of hydrogen-bond acceptors (Lipinski definition) is 4. The van der Waals surface area contributed by atoms with Crippen molar-refractivity contribution in [1.29, 1.82) is 0 Å². The van der Waals surface area contributed by atoms with E-state index >= 15 is 0 Å². The molecular formula is C22H21F3N4O2. The summed E-state index contributed by atoms with van der Waals surface area (Å²) in [5, 5.41) is 9.72. The third-order valence-corrected chi connectivity index (χ3v) is 5.25. The first-order valence-corrected chi connectivity index (χ1v) is 9.69. The lowest BCUT2D eigenvalue weighted by atomic mass is 9.97. The monoisotopic (exact) mass is 430 g/mol. The van der Waals surface area contributed by atoms with Gasteiger partial charge in [-0.2, -0.15) is 18.3 Å². The van der Waals surface area contributed by atoms with Crippen LogP contribution in [-0.2, 0) is 0 Å². The predicted octanol–water partition coefficient (Wildman–Crippen LogP) is 5.11. The number of aryl methyl sites for hydroxylation is 1. The maximum Gasteiger partial charge on any atom is 0.410 e. The first-order valence-electron chi connectivity index (χ1n) is 9.69. The molecule has 0 unspecified atom stereocenters. The number of nitrogens with one attached hydrogen (secondary N) is 2. The Hall–Kier alpha value is -3.49. The largest absolute Gasteiger partial charge is 0.497 e. The Morgan fingerprint density at radius 3 is 2.45 bits per heavy atom. The summed E-state index contributed by atoms with van der Waals surface area (Å²) in [6, 6.07) is 12.9. The van der Waals surface area contributed by atoms with E-state index in [1.54, 1.807) is 36.4 Å². The molecule has 2 N–H and O–H groups in total. The molecule has 162 valence electrons. The minimum atomic E-state index is -4.52. The molecule has 0 saturated carbocycles. The number of amides is 1. The molecule has 0 bridgehead atoms. The Morgan fingerprint density at radius 2 is 1.84 bits per heavy atom. The van der Waals surface area contributed by atoms with Crippen molar-refractivity contribution >= 4 is 17.4 Å². The quantitative estimate of drug-likeness (QED) is 0.603. The van der Waals surface area contributed by atoms with Gasteiger partial charge in [-0.3, -0.25) is 4.79 Å². The Balaban J connectivity index is 1.62. The van der Waals surface area contributed by atoms with Crippen LogP contribution in [0, 0.1) is 6.92 Å². The molecular weight excluding hydrogens is 409 g/mol. The molecule has 1 amide bonds. The molecule has 1 aromatic heterocycles. The molecule has 2 atom stereocenters. The lowest BCUT2D eigenvalue weighted by molar-refractivity contribution is -0.173. The van der Waals surface area contributed by atoms with E-state index in [2.05, 4.69) is 15.7 Å². The molecule has 4 rings (SSSR count). The zero-order valence-corrected chi connectivity index (χ0v) is 16.9. The van der Waals surface area contributed by atoms with Crippen LogP contribution >= 0.6 is 0 Å². The second-order valence-corrected chi connectivity index (χ2v) is 7.44. The van der Waals surface area contributed by atoms with Crippen molar-refractivity contribution in [2.24, 2.45) is 0 Å².